The molecule has 182 valence electrons. The molecule has 0 saturated carbocycles. The van der Waals surface area contributed by atoms with Gasteiger partial charge in [0, 0.05) is 25.1 Å². The summed E-state index contributed by atoms with van der Waals surface area (Å²) in [7, 11) is -12.0. The number of hydrogen-bond acceptors (Lipinski definition) is 11. The van der Waals surface area contributed by atoms with Crippen LogP contribution in [0.4, 0.5) is 22.7 Å². The summed E-state index contributed by atoms with van der Waals surface area (Å²) >= 11 is 0. The molecule has 3 rings (SSSR count). The molecule has 0 bridgehead atoms. The summed E-state index contributed by atoms with van der Waals surface area (Å²) in [6.45, 7) is 0. The molecule has 0 aliphatic carbocycles. The van der Waals surface area contributed by atoms with Crippen LogP contribution in [-0.2, 0) is 30.1 Å². The monoisotopic (exact) mass is 530 g/mol. The molecule has 3 aromatic carbocycles. The van der Waals surface area contributed by atoms with E-state index in [0.717, 1.165) is 24.5 Å². The van der Waals surface area contributed by atoms with Crippen LogP contribution in [0.2, 0.25) is 0 Å². The molecule has 0 spiro atoms. The van der Waals surface area contributed by atoms with Gasteiger partial charge in [-0.15, -0.1) is 10.2 Å². The molecular formula is C18H18N4O9S3. The van der Waals surface area contributed by atoms with Crippen molar-refractivity contribution in [3.05, 3.63) is 36.4 Å². The van der Waals surface area contributed by atoms with E-state index in [1.165, 1.54) is 19.2 Å². The number of nitrogens with zero attached hydrogens (tertiary/aromatic N) is 2. The van der Waals surface area contributed by atoms with Gasteiger partial charge >= 0.3 is 0 Å². The third-order valence-corrected chi connectivity index (χ3v) is 7.50. The van der Waals surface area contributed by atoms with Crippen molar-refractivity contribution in [2.75, 3.05) is 24.4 Å². The van der Waals surface area contributed by atoms with Crippen LogP contribution < -0.4 is 11.1 Å². The van der Waals surface area contributed by atoms with Gasteiger partial charge in [-0.25, -0.2) is 8.42 Å². The highest BCUT2D eigenvalue weighted by Gasteiger charge is 2.23. The fraction of sp³-hybridized carbons (Fsp3) is 0.111. The van der Waals surface area contributed by atoms with Crippen molar-refractivity contribution >= 4 is 63.6 Å². The number of rotatable bonds is 6. The molecule has 0 radical (unpaired) electrons. The van der Waals surface area contributed by atoms with Gasteiger partial charge in [0.1, 0.15) is 22.0 Å². The molecule has 0 aliphatic rings. The van der Waals surface area contributed by atoms with Gasteiger partial charge < -0.3 is 16.2 Å². The van der Waals surface area contributed by atoms with Crippen molar-refractivity contribution in [2.24, 2.45) is 10.2 Å². The summed E-state index contributed by atoms with van der Waals surface area (Å²) in [5, 5.41) is 20.3. The number of nitrogens with two attached hydrogens (primary N) is 1. The average Bonchev–Trinajstić information content (AvgIpc) is 2.70. The Hall–Kier alpha value is -3.31. The van der Waals surface area contributed by atoms with Gasteiger partial charge in [-0.1, -0.05) is 0 Å². The van der Waals surface area contributed by atoms with Gasteiger partial charge in [-0.2, -0.15) is 16.8 Å². The standard InChI is InChI=1S/C18H18N4O9S3/c1-20-10-3-4-12(14(7-10)34(29,30)31)21-22-18-16-9(6-15(17(18)19)32(2,24)25)5-11(8-13(16)23)33(26,27)28/h3-8,20,23H,19H2,1-2H3,(H,26,27,28)(H,29,30,31). The van der Waals surface area contributed by atoms with E-state index < -0.39 is 61.9 Å². The van der Waals surface area contributed by atoms with Gasteiger partial charge in [0.25, 0.3) is 20.2 Å². The maximum absolute atomic E-state index is 12.2. The Balaban J connectivity index is 2.40. The highest BCUT2D eigenvalue weighted by molar-refractivity contribution is 7.91. The average molecular weight is 531 g/mol. The summed E-state index contributed by atoms with van der Waals surface area (Å²) in [5.74, 6) is -0.730. The molecule has 34 heavy (non-hydrogen) atoms. The van der Waals surface area contributed by atoms with Gasteiger partial charge in [-0.3, -0.25) is 9.11 Å². The van der Waals surface area contributed by atoms with Crippen LogP contribution in [0, 0.1) is 0 Å². The number of phenols is 1. The number of nitrogen functional groups attached to an aromatic ring is 1. The molecule has 0 saturated heterocycles. The molecule has 0 amide bonds. The van der Waals surface area contributed by atoms with Crippen LogP contribution in [0.1, 0.15) is 0 Å². The summed E-state index contributed by atoms with van der Waals surface area (Å²) in [6, 6.07) is 6.28. The van der Waals surface area contributed by atoms with Crippen LogP contribution in [0.15, 0.2) is 61.3 Å². The van der Waals surface area contributed by atoms with Crippen molar-refractivity contribution in [1.29, 1.82) is 0 Å². The first-order valence-corrected chi connectivity index (χ1v) is 13.8. The molecule has 3 aromatic rings. The Kier molecular flexibility index (Phi) is 6.31. The largest absolute Gasteiger partial charge is 0.507 e. The van der Waals surface area contributed by atoms with Gasteiger partial charge in [0.15, 0.2) is 9.84 Å². The molecule has 0 aromatic heterocycles. The van der Waals surface area contributed by atoms with E-state index in [0.29, 0.717) is 11.8 Å². The van der Waals surface area contributed by atoms with Gasteiger partial charge in [-0.05, 0) is 35.7 Å². The summed E-state index contributed by atoms with van der Waals surface area (Å²) in [4.78, 5) is -1.83. The molecule has 0 unspecified atom stereocenters. The molecule has 16 heteroatoms. The van der Waals surface area contributed by atoms with E-state index >= 15 is 0 Å². The zero-order valence-electron chi connectivity index (χ0n) is 17.5. The smallest absolute Gasteiger partial charge is 0.296 e. The topological polar surface area (TPSA) is 226 Å². The van der Waals surface area contributed by atoms with E-state index in [1.54, 1.807) is 0 Å². The number of azo groups is 1. The lowest BCUT2D eigenvalue weighted by molar-refractivity contribution is 0.471. The summed E-state index contributed by atoms with van der Waals surface area (Å²) in [6.07, 6.45) is 0.824. The maximum Gasteiger partial charge on any atom is 0.296 e. The number of benzene rings is 3. The van der Waals surface area contributed by atoms with Gasteiger partial charge in [0.2, 0.25) is 0 Å². The maximum atomic E-state index is 12.2. The Morgan fingerprint density at radius 2 is 1.53 bits per heavy atom. The number of phenolic OH excluding ortho intramolecular Hbond substituents is 1. The van der Waals surface area contributed by atoms with Crippen molar-refractivity contribution in [2.45, 2.75) is 14.7 Å². The number of aromatic hydroxyl groups is 1. The molecule has 0 heterocycles. The molecule has 0 atom stereocenters. The van der Waals surface area contributed by atoms with E-state index in [2.05, 4.69) is 15.5 Å². The van der Waals surface area contributed by atoms with Crippen LogP contribution >= 0.6 is 0 Å². The van der Waals surface area contributed by atoms with Crippen LogP contribution in [0.5, 0.6) is 5.75 Å². The third kappa shape index (κ3) is 4.95. The van der Waals surface area contributed by atoms with Crippen molar-refractivity contribution in [1.82, 2.24) is 0 Å². The Morgan fingerprint density at radius 3 is 2.06 bits per heavy atom. The predicted octanol–water partition coefficient (Wildman–Crippen LogP) is 2.48. The second-order valence-corrected chi connectivity index (χ2v) is 11.8. The lowest BCUT2D eigenvalue weighted by Crippen LogP contribution is -2.04. The number of fused-ring (bicyclic) bond motifs is 1. The molecule has 0 fully saturated rings. The van der Waals surface area contributed by atoms with Crippen LogP contribution in [0.25, 0.3) is 10.8 Å². The van der Waals surface area contributed by atoms with E-state index in [1.807, 2.05) is 0 Å². The highest BCUT2D eigenvalue weighted by Crippen LogP contribution is 2.44. The first kappa shape index (κ1) is 25.3. The number of sulfone groups is 1. The zero-order valence-corrected chi connectivity index (χ0v) is 19.9. The Labute approximate surface area is 194 Å². The fourth-order valence-electron chi connectivity index (χ4n) is 3.09. The SMILES string of the molecule is CNc1ccc(N=Nc2c(N)c(S(C)(=O)=O)cc3cc(S(=O)(=O)O)cc(O)c23)c(S(=O)(=O)O)c1. The van der Waals surface area contributed by atoms with E-state index in [9.17, 15) is 39.5 Å². The summed E-state index contributed by atoms with van der Waals surface area (Å²) in [5.41, 5.74) is 5.07. The molecule has 13 nitrogen and oxygen atoms in total. The second-order valence-electron chi connectivity index (χ2n) is 7.03. The summed E-state index contributed by atoms with van der Waals surface area (Å²) < 4.78 is 90.0. The normalized spacial score (nSPS) is 12.9. The van der Waals surface area contributed by atoms with Crippen LogP contribution in [-0.4, -0.2) is 52.8 Å². The minimum absolute atomic E-state index is 0.170. The Morgan fingerprint density at radius 1 is 0.882 bits per heavy atom. The van der Waals surface area contributed by atoms with Crippen LogP contribution in [0.3, 0.4) is 0 Å². The second kappa shape index (κ2) is 8.48. The first-order chi connectivity index (χ1) is 15.5. The molecule has 0 aliphatic heterocycles. The zero-order chi connectivity index (χ0) is 25.6. The molecular weight excluding hydrogens is 512 g/mol. The van der Waals surface area contributed by atoms with Crippen molar-refractivity contribution in [3.8, 4) is 5.75 Å². The lowest BCUT2D eigenvalue weighted by atomic mass is 10.1. The van der Waals surface area contributed by atoms with Crippen molar-refractivity contribution < 1.29 is 39.5 Å². The number of hydrogen-bond donors (Lipinski definition) is 5. The van der Waals surface area contributed by atoms with E-state index in [4.69, 9.17) is 5.73 Å². The quantitative estimate of drug-likeness (QED) is 0.177. The fourth-order valence-corrected chi connectivity index (χ4v) is 5.11. The van der Waals surface area contributed by atoms with Gasteiger partial charge in [0.05, 0.1) is 20.9 Å². The Bertz CT molecular complexity index is 1680. The van der Waals surface area contributed by atoms with E-state index in [-0.39, 0.29) is 16.5 Å². The minimum atomic E-state index is -4.77. The predicted molar refractivity (Wildman–Crippen MR) is 123 cm³/mol. The lowest BCUT2D eigenvalue weighted by Gasteiger charge is -2.13. The number of anilines is 2. The van der Waals surface area contributed by atoms with Crippen molar-refractivity contribution in [3.63, 3.8) is 0 Å². The third-order valence-electron chi connectivity index (χ3n) is 4.65. The first-order valence-electron chi connectivity index (χ1n) is 9.02. The highest BCUT2D eigenvalue weighted by atomic mass is 32.2. The molecule has 6 N–H and O–H groups in total. The minimum Gasteiger partial charge on any atom is -0.507 e. The number of nitrogens with one attached hydrogen (secondary N) is 1.